The Balaban J connectivity index is 1.32. The van der Waals surface area contributed by atoms with Gasteiger partial charge in [0.15, 0.2) is 0 Å². The zero-order valence-corrected chi connectivity index (χ0v) is 14.8. The van der Waals surface area contributed by atoms with E-state index in [1.165, 1.54) is 5.56 Å². The van der Waals surface area contributed by atoms with Crippen LogP contribution in [-0.4, -0.2) is 57.2 Å². The molecule has 2 fully saturated rings. The molecule has 4 heterocycles. The number of hydrogen-bond acceptors (Lipinski definition) is 6. The van der Waals surface area contributed by atoms with Crippen molar-refractivity contribution < 1.29 is 14.3 Å². The van der Waals surface area contributed by atoms with Gasteiger partial charge in [0.25, 0.3) is 5.91 Å². The second kappa shape index (κ2) is 7.09. The Morgan fingerprint density at radius 3 is 2.92 bits per heavy atom. The number of amides is 1. The highest BCUT2D eigenvalue weighted by Crippen LogP contribution is 2.36. The van der Waals surface area contributed by atoms with Crippen molar-refractivity contribution >= 4 is 5.91 Å². The van der Waals surface area contributed by atoms with Crippen molar-refractivity contribution in [1.29, 1.82) is 0 Å². The van der Waals surface area contributed by atoms with Crippen LogP contribution in [0.5, 0.6) is 0 Å². The molecular weight excluding hydrogens is 332 g/mol. The Kier molecular flexibility index (Phi) is 4.65. The predicted molar refractivity (Wildman–Crippen MR) is 93.4 cm³/mol. The van der Waals surface area contributed by atoms with E-state index in [9.17, 15) is 4.79 Å². The lowest BCUT2D eigenvalue weighted by Crippen LogP contribution is -2.67. The summed E-state index contributed by atoms with van der Waals surface area (Å²) in [7, 11) is 0. The van der Waals surface area contributed by atoms with Gasteiger partial charge in [-0.05, 0) is 36.6 Å². The minimum Gasteiger partial charge on any atom is -0.373 e. The van der Waals surface area contributed by atoms with Crippen LogP contribution < -0.4 is 0 Å². The molecule has 0 N–H and O–H groups in total. The van der Waals surface area contributed by atoms with Gasteiger partial charge in [-0.15, -0.1) is 0 Å². The summed E-state index contributed by atoms with van der Waals surface area (Å²) in [6.45, 7) is 4.40. The number of rotatable bonds is 4. The van der Waals surface area contributed by atoms with Gasteiger partial charge in [0.2, 0.25) is 5.82 Å². The van der Waals surface area contributed by atoms with Crippen LogP contribution in [0.4, 0.5) is 0 Å². The average molecular weight is 354 g/mol. The second-order valence-corrected chi connectivity index (χ2v) is 6.99. The Hall–Kier alpha value is -2.38. The molecule has 2 saturated heterocycles. The van der Waals surface area contributed by atoms with Crippen molar-refractivity contribution in [2.75, 3.05) is 19.7 Å². The smallest absolute Gasteiger partial charge is 0.291 e. The normalized spacial score (nSPS) is 21.4. The lowest BCUT2D eigenvalue weighted by molar-refractivity contribution is -0.188. The highest BCUT2D eigenvalue weighted by atomic mass is 16.5. The average Bonchev–Trinajstić information content (AvgIpc) is 2.66. The van der Waals surface area contributed by atoms with Crippen LogP contribution in [0.25, 0.3) is 0 Å². The summed E-state index contributed by atoms with van der Waals surface area (Å²) in [6.07, 6.45) is 8.61. The first kappa shape index (κ1) is 17.1. The third kappa shape index (κ3) is 3.45. The molecule has 26 heavy (non-hydrogen) atoms. The van der Waals surface area contributed by atoms with E-state index >= 15 is 0 Å². The number of hydrogen-bond donors (Lipinski definition) is 0. The van der Waals surface area contributed by atoms with E-state index in [2.05, 4.69) is 21.9 Å². The fourth-order valence-corrected chi connectivity index (χ4v) is 3.54. The van der Waals surface area contributed by atoms with Crippen LogP contribution in [0.1, 0.15) is 34.6 Å². The molecule has 0 radical (unpaired) electrons. The Labute approximate surface area is 152 Å². The number of nitrogens with zero attached hydrogens (tertiary/aromatic N) is 4. The van der Waals surface area contributed by atoms with E-state index < -0.39 is 0 Å². The molecule has 1 atom stereocenters. The molecular formula is C19H22N4O3. The fourth-order valence-electron chi connectivity index (χ4n) is 3.54. The van der Waals surface area contributed by atoms with Crippen LogP contribution in [-0.2, 0) is 16.1 Å². The van der Waals surface area contributed by atoms with Gasteiger partial charge < -0.3 is 14.4 Å². The topological polar surface area (TPSA) is 77.4 Å². The molecule has 1 unspecified atom stereocenters. The van der Waals surface area contributed by atoms with Crippen molar-refractivity contribution in [1.82, 2.24) is 19.9 Å². The fraction of sp³-hybridized carbons (Fsp3) is 0.474. The number of likely N-dealkylation sites (tertiary alicyclic amines) is 1. The van der Waals surface area contributed by atoms with Crippen molar-refractivity contribution in [3.8, 4) is 0 Å². The third-order valence-electron chi connectivity index (χ3n) is 5.07. The van der Waals surface area contributed by atoms with Crippen LogP contribution >= 0.6 is 0 Å². The Bertz CT molecular complexity index is 777. The first-order valence-electron chi connectivity index (χ1n) is 8.87. The van der Waals surface area contributed by atoms with E-state index in [0.717, 1.165) is 18.4 Å². The maximum atomic E-state index is 12.4. The standard InChI is InChI=1S/C19H22N4O3/c1-14-3-7-20-10-15(14)11-25-16-4-8-26-19(9-16)12-23(13-19)18(24)17-21-5-2-6-22-17/h2-3,5-7,10,16H,4,8-9,11-13H2,1H3. The summed E-state index contributed by atoms with van der Waals surface area (Å²) in [5, 5.41) is 0. The van der Waals surface area contributed by atoms with Crippen LogP contribution in [0, 0.1) is 6.92 Å². The molecule has 0 bridgehead atoms. The molecule has 0 aromatic carbocycles. The van der Waals surface area contributed by atoms with Crippen molar-refractivity contribution in [3.63, 3.8) is 0 Å². The van der Waals surface area contributed by atoms with Gasteiger partial charge in [0.1, 0.15) is 5.60 Å². The zero-order chi connectivity index (χ0) is 18.0. The van der Waals surface area contributed by atoms with Gasteiger partial charge in [-0.25, -0.2) is 9.97 Å². The molecule has 1 spiro atoms. The van der Waals surface area contributed by atoms with Crippen molar-refractivity contribution in [3.05, 3.63) is 53.9 Å². The Morgan fingerprint density at radius 1 is 1.35 bits per heavy atom. The molecule has 2 aromatic heterocycles. The summed E-state index contributed by atoms with van der Waals surface area (Å²) in [5.41, 5.74) is 2.00. The molecule has 7 heteroatoms. The number of pyridine rings is 1. The molecule has 2 aliphatic rings. The van der Waals surface area contributed by atoms with Gasteiger partial charge >= 0.3 is 0 Å². The molecule has 2 aromatic rings. The molecule has 1 amide bonds. The Morgan fingerprint density at radius 2 is 2.15 bits per heavy atom. The first-order chi connectivity index (χ1) is 12.7. The number of aromatic nitrogens is 3. The summed E-state index contributed by atoms with van der Waals surface area (Å²) in [4.78, 5) is 26.3. The quantitative estimate of drug-likeness (QED) is 0.833. The van der Waals surface area contributed by atoms with Gasteiger partial charge in [-0.2, -0.15) is 0 Å². The van der Waals surface area contributed by atoms with Gasteiger partial charge in [-0.1, -0.05) is 0 Å². The van der Waals surface area contributed by atoms with E-state index in [1.54, 1.807) is 29.6 Å². The summed E-state index contributed by atoms with van der Waals surface area (Å²) in [6, 6.07) is 3.69. The third-order valence-corrected chi connectivity index (χ3v) is 5.07. The second-order valence-electron chi connectivity index (χ2n) is 6.99. The van der Waals surface area contributed by atoms with Crippen molar-refractivity contribution in [2.24, 2.45) is 0 Å². The number of carbonyl (C=O) groups is 1. The maximum absolute atomic E-state index is 12.4. The highest BCUT2D eigenvalue weighted by Gasteiger charge is 2.50. The summed E-state index contributed by atoms with van der Waals surface area (Å²) < 4.78 is 12.1. The molecule has 2 aliphatic heterocycles. The minimum absolute atomic E-state index is 0.133. The molecule has 0 saturated carbocycles. The van der Waals surface area contributed by atoms with E-state index in [-0.39, 0.29) is 23.4 Å². The van der Waals surface area contributed by atoms with Crippen LogP contribution in [0.2, 0.25) is 0 Å². The maximum Gasteiger partial charge on any atom is 0.291 e. The van der Waals surface area contributed by atoms with E-state index in [0.29, 0.717) is 26.3 Å². The van der Waals surface area contributed by atoms with Gasteiger partial charge in [0.05, 0.1) is 25.8 Å². The zero-order valence-electron chi connectivity index (χ0n) is 14.8. The van der Waals surface area contributed by atoms with Gasteiger partial charge in [-0.3, -0.25) is 9.78 Å². The highest BCUT2D eigenvalue weighted by molar-refractivity contribution is 5.91. The lowest BCUT2D eigenvalue weighted by atomic mass is 9.84. The van der Waals surface area contributed by atoms with Crippen LogP contribution in [0.3, 0.4) is 0 Å². The SMILES string of the molecule is Cc1ccncc1COC1CCOC2(C1)CN(C(=O)c1ncccn1)C2. The molecule has 136 valence electrons. The summed E-state index contributed by atoms with van der Waals surface area (Å²) >= 11 is 0. The number of ether oxygens (including phenoxy) is 2. The lowest BCUT2D eigenvalue weighted by Gasteiger charge is -2.52. The molecule has 0 aliphatic carbocycles. The largest absolute Gasteiger partial charge is 0.373 e. The van der Waals surface area contributed by atoms with Gasteiger partial charge in [0, 0.05) is 37.8 Å². The van der Waals surface area contributed by atoms with E-state index in [1.807, 2.05) is 12.3 Å². The summed E-state index contributed by atoms with van der Waals surface area (Å²) in [5.74, 6) is 0.0897. The molecule has 4 rings (SSSR count). The molecule has 7 nitrogen and oxygen atoms in total. The first-order valence-corrected chi connectivity index (χ1v) is 8.87. The monoisotopic (exact) mass is 354 g/mol. The van der Waals surface area contributed by atoms with E-state index in [4.69, 9.17) is 9.47 Å². The van der Waals surface area contributed by atoms with Crippen LogP contribution in [0.15, 0.2) is 36.9 Å². The number of carbonyl (C=O) groups excluding carboxylic acids is 1. The predicted octanol–water partition coefficient (Wildman–Crippen LogP) is 1.77. The number of aryl methyl sites for hydroxylation is 1. The van der Waals surface area contributed by atoms with Crippen molar-refractivity contribution in [2.45, 2.75) is 38.1 Å². The minimum atomic E-state index is -0.294.